The van der Waals surface area contributed by atoms with Crippen molar-refractivity contribution < 1.29 is 26.4 Å². The summed E-state index contributed by atoms with van der Waals surface area (Å²) in [5.74, 6) is -0.759. The van der Waals surface area contributed by atoms with Gasteiger partial charge >= 0.3 is 6.18 Å². The average molecular weight is 416 g/mol. The fourth-order valence-corrected chi connectivity index (χ4v) is 4.51. The molecule has 11 heteroatoms. The maximum absolute atomic E-state index is 13.2. The highest BCUT2D eigenvalue weighted by atomic mass is 32.2. The lowest BCUT2D eigenvalue weighted by molar-refractivity contribution is -0.138. The summed E-state index contributed by atoms with van der Waals surface area (Å²) in [6.45, 7) is 0.304. The number of aromatic nitrogens is 2. The second-order valence-corrected chi connectivity index (χ2v) is 8.36. The van der Waals surface area contributed by atoms with E-state index in [1.54, 1.807) is 7.05 Å². The van der Waals surface area contributed by atoms with E-state index >= 15 is 0 Å². The summed E-state index contributed by atoms with van der Waals surface area (Å²) in [6.07, 6.45) is -1.59. The number of amides is 1. The molecule has 0 bridgehead atoms. The van der Waals surface area contributed by atoms with Gasteiger partial charge in [0.1, 0.15) is 0 Å². The van der Waals surface area contributed by atoms with Gasteiger partial charge in [0.05, 0.1) is 17.5 Å². The van der Waals surface area contributed by atoms with Gasteiger partial charge in [-0.2, -0.15) is 17.5 Å². The van der Waals surface area contributed by atoms with Crippen molar-refractivity contribution >= 4 is 15.9 Å². The number of sulfonamides is 1. The van der Waals surface area contributed by atoms with Gasteiger partial charge in [-0.25, -0.2) is 13.4 Å². The third-order valence-corrected chi connectivity index (χ3v) is 6.27. The van der Waals surface area contributed by atoms with Gasteiger partial charge in [-0.1, -0.05) is 12.1 Å². The number of alkyl halides is 3. The first-order chi connectivity index (χ1) is 13.1. The van der Waals surface area contributed by atoms with Crippen LogP contribution in [0.2, 0.25) is 0 Å². The van der Waals surface area contributed by atoms with Crippen molar-refractivity contribution in [3.8, 4) is 0 Å². The number of imidazole rings is 1. The normalized spacial score (nSPS) is 16.8. The minimum atomic E-state index is -4.65. The standard InChI is InChI=1S/C17H19F3N4O3S/c1-22-11-15(21-12-22)28(26,27)24-8-4-7-23(9-10-24)16(25)13-5-2-3-6-14(13)17(18,19)20/h2-3,5-6,11-12H,4,7-10H2,1H3. The van der Waals surface area contributed by atoms with Gasteiger partial charge in [0, 0.05) is 39.4 Å². The number of nitrogens with zero attached hydrogens (tertiary/aromatic N) is 4. The summed E-state index contributed by atoms with van der Waals surface area (Å²) in [5.41, 5.74) is -1.43. The summed E-state index contributed by atoms with van der Waals surface area (Å²) in [6, 6.07) is 4.60. The van der Waals surface area contributed by atoms with Gasteiger partial charge in [-0.05, 0) is 18.6 Å². The van der Waals surface area contributed by atoms with Crippen LogP contribution in [0.1, 0.15) is 22.3 Å². The van der Waals surface area contributed by atoms with Crippen LogP contribution in [0.5, 0.6) is 0 Å². The first kappa shape index (κ1) is 20.3. The largest absolute Gasteiger partial charge is 0.417 e. The third-order valence-electron chi connectivity index (χ3n) is 4.49. The zero-order valence-electron chi connectivity index (χ0n) is 15.1. The van der Waals surface area contributed by atoms with E-state index in [0.717, 1.165) is 12.1 Å². The van der Waals surface area contributed by atoms with Gasteiger partial charge in [0.25, 0.3) is 15.9 Å². The lowest BCUT2D eigenvalue weighted by Crippen LogP contribution is -2.38. The van der Waals surface area contributed by atoms with Crippen LogP contribution in [0.3, 0.4) is 0 Å². The van der Waals surface area contributed by atoms with Gasteiger partial charge in [0.15, 0.2) is 5.03 Å². The zero-order chi connectivity index (χ0) is 20.5. The monoisotopic (exact) mass is 416 g/mol. The van der Waals surface area contributed by atoms with Crippen molar-refractivity contribution in [1.82, 2.24) is 18.8 Å². The van der Waals surface area contributed by atoms with Crippen LogP contribution >= 0.6 is 0 Å². The Morgan fingerprint density at radius 3 is 2.46 bits per heavy atom. The van der Waals surface area contributed by atoms with Gasteiger partial charge in [0.2, 0.25) is 0 Å². The number of hydrogen-bond acceptors (Lipinski definition) is 4. The summed E-state index contributed by atoms with van der Waals surface area (Å²) in [5, 5.41) is -0.0998. The van der Waals surface area contributed by atoms with Crippen molar-refractivity contribution in [2.75, 3.05) is 26.2 Å². The summed E-state index contributed by atoms with van der Waals surface area (Å²) in [4.78, 5) is 17.8. The van der Waals surface area contributed by atoms with E-state index < -0.39 is 33.2 Å². The molecular formula is C17H19F3N4O3S. The molecule has 1 aromatic heterocycles. The summed E-state index contributed by atoms with van der Waals surface area (Å²) < 4.78 is 67.7. The lowest BCUT2D eigenvalue weighted by Gasteiger charge is -2.23. The smallest absolute Gasteiger partial charge is 0.339 e. The van der Waals surface area contributed by atoms with Crippen LogP contribution in [0.4, 0.5) is 13.2 Å². The van der Waals surface area contributed by atoms with E-state index in [9.17, 15) is 26.4 Å². The summed E-state index contributed by atoms with van der Waals surface area (Å²) >= 11 is 0. The van der Waals surface area contributed by atoms with Crippen molar-refractivity contribution in [2.45, 2.75) is 17.6 Å². The Bertz CT molecular complexity index is 972. The number of carbonyl (C=O) groups is 1. The number of carbonyl (C=O) groups excluding carboxylic acids is 1. The Hall–Kier alpha value is -2.40. The SMILES string of the molecule is Cn1cnc(S(=O)(=O)N2CCCN(C(=O)c3ccccc3C(F)(F)F)CC2)c1. The first-order valence-corrected chi connectivity index (χ1v) is 9.98. The van der Waals surface area contributed by atoms with E-state index in [0.29, 0.717) is 6.42 Å². The molecule has 0 aliphatic carbocycles. The molecule has 1 saturated heterocycles. The van der Waals surface area contributed by atoms with Crippen LogP contribution in [-0.4, -0.2) is 59.3 Å². The molecule has 0 N–H and O–H groups in total. The van der Waals surface area contributed by atoms with Gasteiger partial charge in [-0.3, -0.25) is 4.79 Å². The van der Waals surface area contributed by atoms with E-state index in [1.807, 2.05) is 0 Å². The third kappa shape index (κ3) is 4.04. The van der Waals surface area contributed by atoms with E-state index in [4.69, 9.17) is 0 Å². The molecule has 2 heterocycles. The highest BCUT2D eigenvalue weighted by Crippen LogP contribution is 2.32. The number of hydrogen-bond donors (Lipinski definition) is 0. The van der Waals surface area contributed by atoms with Crippen molar-refractivity contribution in [2.24, 2.45) is 7.05 Å². The minimum absolute atomic E-state index is 0.00289. The van der Waals surface area contributed by atoms with E-state index in [2.05, 4.69) is 4.98 Å². The Kier molecular flexibility index (Phi) is 5.48. The van der Waals surface area contributed by atoms with Crippen molar-refractivity contribution in [1.29, 1.82) is 0 Å². The predicted octanol–water partition coefficient (Wildman–Crippen LogP) is 1.98. The molecule has 3 rings (SSSR count). The van der Waals surface area contributed by atoms with Crippen LogP contribution < -0.4 is 0 Å². The van der Waals surface area contributed by atoms with Gasteiger partial charge in [-0.15, -0.1) is 0 Å². The van der Waals surface area contributed by atoms with Crippen molar-refractivity contribution in [3.05, 3.63) is 47.9 Å². The predicted molar refractivity (Wildman–Crippen MR) is 93.9 cm³/mol. The summed E-state index contributed by atoms with van der Waals surface area (Å²) in [7, 11) is -2.18. The number of benzene rings is 1. The number of halogens is 3. The second kappa shape index (κ2) is 7.55. The zero-order valence-corrected chi connectivity index (χ0v) is 15.9. The first-order valence-electron chi connectivity index (χ1n) is 8.54. The molecule has 7 nitrogen and oxygen atoms in total. The molecule has 0 atom stereocenters. The van der Waals surface area contributed by atoms with Gasteiger partial charge < -0.3 is 9.47 Å². The number of rotatable bonds is 3. The molecule has 1 fully saturated rings. The molecule has 0 radical (unpaired) electrons. The van der Waals surface area contributed by atoms with Crippen LogP contribution in [0, 0.1) is 0 Å². The molecule has 0 spiro atoms. The topological polar surface area (TPSA) is 75.5 Å². The van der Waals surface area contributed by atoms with E-state index in [-0.39, 0.29) is 31.2 Å². The molecule has 1 aliphatic heterocycles. The molecule has 0 unspecified atom stereocenters. The lowest BCUT2D eigenvalue weighted by atomic mass is 10.1. The highest BCUT2D eigenvalue weighted by molar-refractivity contribution is 7.89. The fraction of sp³-hybridized carbons (Fsp3) is 0.412. The maximum atomic E-state index is 13.2. The van der Waals surface area contributed by atoms with Crippen LogP contribution in [-0.2, 0) is 23.2 Å². The molecular weight excluding hydrogens is 397 g/mol. The molecule has 2 aromatic rings. The molecule has 0 saturated carbocycles. The number of aryl methyl sites for hydroxylation is 1. The Morgan fingerprint density at radius 1 is 1.11 bits per heavy atom. The molecule has 1 aliphatic rings. The van der Waals surface area contributed by atoms with Crippen LogP contribution in [0.25, 0.3) is 0 Å². The Morgan fingerprint density at radius 2 is 1.82 bits per heavy atom. The maximum Gasteiger partial charge on any atom is 0.417 e. The average Bonchev–Trinajstić information content (AvgIpc) is 2.93. The Balaban J connectivity index is 1.79. The molecule has 152 valence electrons. The van der Waals surface area contributed by atoms with Crippen molar-refractivity contribution in [3.63, 3.8) is 0 Å². The fourth-order valence-electron chi connectivity index (χ4n) is 3.08. The van der Waals surface area contributed by atoms with Crippen LogP contribution in [0.15, 0.2) is 41.8 Å². The quantitative estimate of drug-likeness (QED) is 0.767. The highest BCUT2D eigenvalue weighted by Gasteiger charge is 2.36. The molecule has 1 aromatic carbocycles. The minimum Gasteiger partial charge on any atom is -0.339 e. The molecule has 28 heavy (non-hydrogen) atoms. The Labute approximate surface area is 160 Å². The second-order valence-electron chi connectivity index (χ2n) is 6.47. The molecule has 1 amide bonds. The van der Waals surface area contributed by atoms with E-state index in [1.165, 1.54) is 38.4 Å².